The van der Waals surface area contributed by atoms with Gasteiger partial charge in [0, 0.05) is 17.1 Å². The Morgan fingerprint density at radius 1 is 0.267 bits per heavy atom. The lowest BCUT2D eigenvalue weighted by Crippen LogP contribution is -2.28. The van der Waals surface area contributed by atoms with E-state index in [1.54, 1.807) is 0 Å². The van der Waals surface area contributed by atoms with Gasteiger partial charge in [-0.1, -0.05) is 212 Å². The van der Waals surface area contributed by atoms with Gasteiger partial charge in [-0.3, -0.25) is 0 Å². The maximum Gasteiger partial charge on any atom is 0.0713 e. The van der Waals surface area contributed by atoms with E-state index in [4.69, 9.17) is 0 Å². The summed E-state index contributed by atoms with van der Waals surface area (Å²) in [6.07, 6.45) is 0. The molecule has 0 saturated carbocycles. The lowest BCUT2D eigenvalue weighted by molar-refractivity contribution is 0.768. The van der Waals surface area contributed by atoms with E-state index in [1.165, 1.54) is 77.5 Å². The average molecular weight is 764 g/mol. The molecule has 1 heteroatoms. The van der Waals surface area contributed by atoms with Crippen molar-refractivity contribution in [3.63, 3.8) is 0 Å². The van der Waals surface area contributed by atoms with Crippen molar-refractivity contribution in [1.29, 1.82) is 0 Å². The molecule has 0 heterocycles. The highest BCUT2D eigenvalue weighted by Gasteiger charge is 2.46. The Labute approximate surface area is 352 Å². The molecule has 0 N–H and O–H groups in total. The van der Waals surface area contributed by atoms with E-state index in [1.807, 2.05) is 0 Å². The third kappa shape index (κ3) is 5.94. The molecular weight excluding hydrogens is 723 g/mol. The SMILES string of the molecule is c1ccc(-c2ccc(-c3cccc(N(c4ccc(-c5cccc6c5-c5ccccc5C6(c5ccccc5)c5ccccc5)cc4)c4ccc5ccccc5c4)c3)cc2)cc1. The molecule has 60 heavy (non-hydrogen) atoms. The Morgan fingerprint density at radius 2 is 0.750 bits per heavy atom. The first-order valence-corrected chi connectivity index (χ1v) is 20.8. The molecule has 0 fully saturated rings. The third-order valence-corrected chi connectivity index (χ3v) is 12.3. The van der Waals surface area contributed by atoms with Gasteiger partial charge in [-0.05, 0) is 114 Å². The zero-order chi connectivity index (χ0) is 39.9. The van der Waals surface area contributed by atoms with Crippen LogP contribution in [0.1, 0.15) is 22.3 Å². The van der Waals surface area contributed by atoms with Gasteiger partial charge in [-0.25, -0.2) is 0 Å². The highest BCUT2D eigenvalue weighted by atomic mass is 15.1. The summed E-state index contributed by atoms with van der Waals surface area (Å²) in [7, 11) is 0. The van der Waals surface area contributed by atoms with E-state index in [9.17, 15) is 0 Å². The van der Waals surface area contributed by atoms with Crippen molar-refractivity contribution in [2.75, 3.05) is 4.90 Å². The molecule has 10 aromatic rings. The van der Waals surface area contributed by atoms with Crippen molar-refractivity contribution in [2.24, 2.45) is 0 Å². The van der Waals surface area contributed by atoms with Crippen LogP contribution in [0.4, 0.5) is 17.1 Å². The zero-order valence-electron chi connectivity index (χ0n) is 33.1. The molecule has 0 spiro atoms. The van der Waals surface area contributed by atoms with Crippen LogP contribution >= 0.6 is 0 Å². The van der Waals surface area contributed by atoms with Crippen molar-refractivity contribution in [1.82, 2.24) is 0 Å². The fraction of sp³-hybridized carbons (Fsp3) is 0.0169. The minimum Gasteiger partial charge on any atom is -0.310 e. The van der Waals surface area contributed by atoms with Gasteiger partial charge in [-0.2, -0.15) is 0 Å². The first kappa shape index (κ1) is 35.4. The van der Waals surface area contributed by atoms with E-state index in [2.05, 4.69) is 254 Å². The molecule has 10 aromatic carbocycles. The molecule has 0 amide bonds. The molecule has 0 aliphatic heterocycles. The van der Waals surface area contributed by atoms with Crippen LogP contribution in [0.25, 0.3) is 55.3 Å². The smallest absolute Gasteiger partial charge is 0.0713 e. The molecule has 1 aliphatic rings. The Morgan fingerprint density at radius 3 is 1.47 bits per heavy atom. The first-order valence-electron chi connectivity index (χ1n) is 20.8. The summed E-state index contributed by atoms with van der Waals surface area (Å²) >= 11 is 0. The van der Waals surface area contributed by atoms with E-state index < -0.39 is 5.41 Å². The maximum atomic E-state index is 2.39. The number of hydrogen-bond donors (Lipinski definition) is 0. The molecule has 282 valence electrons. The topological polar surface area (TPSA) is 3.24 Å². The predicted molar refractivity (Wildman–Crippen MR) is 252 cm³/mol. The first-order chi connectivity index (χ1) is 29.8. The molecule has 0 atom stereocenters. The monoisotopic (exact) mass is 763 g/mol. The maximum absolute atomic E-state index is 2.39. The molecule has 1 nitrogen and oxygen atoms in total. The van der Waals surface area contributed by atoms with E-state index >= 15 is 0 Å². The van der Waals surface area contributed by atoms with Gasteiger partial charge in [0.05, 0.1) is 5.41 Å². The van der Waals surface area contributed by atoms with Gasteiger partial charge < -0.3 is 4.90 Å². The second kappa shape index (κ2) is 14.9. The Kier molecular flexibility index (Phi) is 8.79. The van der Waals surface area contributed by atoms with Gasteiger partial charge in [0.25, 0.3) is 0 Å². The van der Waals surface area contributed by atoms with Crippen LogP contribution in [0.2, 0.25) is 0 Å². The third-order valence-electron chi connectivity index (χ3n) is 12.3. The van der Waals surface area contributed by atoms with Crippen LogP contribution in [0, 0.1) is 0 Å². The molecule has 1 aliphatic carbocycles. The van der Waals surface area contributed by atoms with Crippen molar-refractivity contribution < 1.29 is 0 Å². The van der Waals surface area contributed by atoms with Gasteiger partial charge >= 0.3 is 0 Å². The summed E-state index contributed by atoms with van der Waals surface area (Å²) in [5.74, 6) is 0. The summed E-state index contributed by atoms with van der Waals surface area (Å²) < 4.78 is 0. The van der Waals surface area contributed by atoms with Crippen LogP contribution in [-0.2, 0) is 5.41 Å². The number of anilines is 3. The van der Waals surface area contributed by atoms with Crippen LogP contribution in [0.5, 0.6) is 0 Å². The number of nitrogens with zero attached hydrogens (tertiary/aromatic N) is 1. The van der Waals surface area contributed by atoms with Crippen molar-refractivity contribution in [3.8, 4) is 44.5 Å². The molecular formula is C59H41N. The second-order valence-corrected chi connectivity index (χ2v) is 15.7. The van der Waals surface area contributed by atoms with Crippen LogP contribution in [-0.4, -0.2) is 0 Å². The fourth-order valence-electron chi connectivity index (χ4n) is 9.60. The van der Waals surface area contributed by atoms with Crippen molar-refractivity contribution in [2.45, 2.75) is 5.41 Å². The minimum atomic E-state index is -0.440. The number of benzene rings is 10. The highest BCUT2D eigenvalue weighted by molar-refractivity contribution is 5.96. The van der Waals surface area contributed by atoms with E-state index in [-0.39, 0.29) is 0 Å². The summed E-state index contributed by atoms with van der Waals surface area (Å²) in [5, 5.41) is 2.44. The number of hydrogen-bond acceptors (Lipinski definition) is 1. The molecule has 0 unspecified atom stereocenters. The molecule has 0 bridgehead atoms. The largest absolute Gasteiger partial charge is 0.310 e. The van der Waals surface area contributed by atoms with Gasteiger partial charge in [0.2, 0.25) is 0 Å². The lowest BCUT2D eigenvalue weighted by atomic mass is 9.67. The Bertz CT molecular complexity index is 3070. The summed E-state index contributed by atoms with van der Waals surface area (Å²) in [4.78, 5) is 2.39. The van der Waals surface area contributed by atoms with E-state index in [0.717, 1.165) is 17.1 Å². The summed E-state index contributed by atoms with van der Waals surface area (Å²) in [6.45, 7) is 0. The molecule has 11 rings (SSSR count). The second-order valence-electron chi connectivity index (χ2n) is 15.7. The van der Waals surface area contributed by atoms with Crippen LogP contribution in [0.15, 0.2) is 249 Å². The summed E-state index contributed by atoms with van der Waals surface area (Å²) in [5.41, 5.74) is 17.9. The molecule has 0 aromatic heterocycles. The summed E-state index contributed by atoms with van der Waals surface area (Å²) in [6, 6.07) is 90.9. The van der Waals surface area contributed by atoms with Crippen molar-refractivity contribution >= 4 is 27.8 Å². The number of rotatable bonds is 8. The molecule has 0 saturated heterocycles. The zero-order valence-corrected chi connectivity index (χ0v) is 33.1. The van der Waals surface area contributed by atoms with Crippen molar-refractivity contribution in [3.05, 3.63) is 271 Å². The number of fused-ring (bicyclic) bond motifs is 4. The normalized spacial score (nSPS) is 12.5. The Hall–Kier alpha value is -7.74. The van der Waals surface area contributed by atoms with E-state index in [0.29, 0.717) is 0 Å². The van der Waals surface area contributed by atoms with Crippen LogP contribution < -0.4 is 4.90 Å². The standard InChI is InChI=1S/C59H41N/c1-4-16-42(17-5-1)44-30-32-45(33-31-44)48-20-14-25-52(40-48)60(53-39-34-43-18-10-11-19-47(43)41-53)51-37-35-46(36-38-51)54-27-15-29-57-58(54)55-26-12-13-28-56(55)59(57,49-21-6-2-7-22-49)50-23-8-3-9-24-50/h1-41H. The van der Waals surface area contributed by atoms with Gasteiger partial charge in [0.15, 0.2) is 0 Å². The Balaban J connectivity index is 1.03. The quantitative estimate of drug-likeness (QED) is 0.149. The van der Waals surface area contributed by atoms with Crippen LogP contribution in [0.3, 0.4) is 0 Å². The highest BCUT2D eigenvalue weighted by Crippen LogP contribution is 2.58. The lowest BCUT2D eigenvalue weighted by Gasteiger charge is -2.34. The fourth-order valence-corrected chi connectivity index (χ4v) is 9.60. The van der Waals surface area contributed by atoms with Gasteiger partial charge in [-0.15, -0.1) is 0 Å². The van der Waals surface area contributed by atoms with Gasteiger partial charge in [0.1, 0.15) is 0 Å². The molecule has 0 radical (unpaired) electrons. The average Bonchev–Trinajstić information content (AvgIpc) is 3.64. The minimum absolute atomic E-state index is 0.440. The predicted octanol–water partition coefficient (Wildman–Crippen LogP) is 15.7.